The lowest BCUT2D eigenvalue weighted by molar-refractivity contribution is 0.0731. The van der Waals surface area contributed by atoms with E-state index < -0.39 is 5.97 Å². The summed E-state index contributed by atoms with van der Waals surface area (Å²) in [6.45, 7) is 0.710. The van der Waals surface area contributed by atoms with Crippen molar-refractivity contribution in [1.82, 2.24) is 9.55 Å². The van der Waals surface area contributed by atoms with Gasteiger partial charge in [-0.3, -0.25) is 0 Å². The van der Waals surface area contributed by atoms with Crippen LogP contribution in [0.15, 0.2) is 103 Å². The molecule has 5 nitrogen and oxygen atoms in total. The van der Waals surface area contributed by atoms with Gasteiger partial charge >= 0.3 is 5.97 Å². The highest BCUT2D eigenvalue weighted by Gasteiger charge is 2.16. The van der Waals surface area contributed by atoms with E-state index in [9.17, 15) is 4.79 Å². The number of imidazole rings is 1. The minimum absolute atomic E-state index is 0.383. The third-order valence-corrected chi connectivity index (χ3v) is 5.49. The van der Waals surface area contributed by atoms with Gasteiger partial charge in [0, 0.05) is 12.1 Å². The first-order chi connectivity index (χ1) is 16.2. The van der Waals surface area contributed by atoms with Crippen LogP contribution in [0.5, 0.6) is 11.5 Å². The van der Waals surface area contributed by atoms with Crippen LogP contribution in [0.4, 0.5) is 0 Å². The van der Waals surface area contributed by atoms with Gasteiger partial charge in [-0.25, -0.2) is 9.78 Å². The SMILES string of the molecule is COc1ccccc1C(=O)Oc1ccc(-c2nc3ccccc3n2Cc2ccccc2)cc1. The van der Waals surface area contributed by atoms with Crippen molar-refractivity contribution in [3.8, 4) is 22.9 Å². The van der Waals surface area contributed by atoms with Crippen LogP contribution in [-0.2, 0) is 6.54 Å². The van der Waals surface area contributed by atoms with Crippen molar-refractivity contribution in [2.24, 2.45) is 0 Å². The van der Waals surface area contributed by atoms with Crippen LogP contribution in [0.2, 0.25) is 0 Å². The molecule has 0 aliphatic carbocycles. The highest BCUT2D eigenvalue weighted by Crippen LogP contribution is 2.28. The minimum Gasteiger partial charge on any atom is -0.496 e. The second-order valence-electron chi connectivity index (χ2n) is 7.61. The lowest BCUT2D eigenvalue weighted by atomic mass is 10.1. The first kappa shape index (κ1) is 20.5. The van der Waals surface area contributed by atoms with Gasteiger partial charge in [0.1, 0.15) is 22.9 Å². The molecule has 0 spiro atoms. The van der Waals surface area contributed by atoms with Crippen molar-refractivity contribution in [3.05, 3.63) is 114 Å². The Morgan fingerprint density at radius 2 is 1.52 bits per heavy atom. The van der Waals surface area contributed by atoms with Crippen LogP contribution in [0.1, 0.15) is 15.9 Å². The summed E-state index contributed by atoms with van der Waals surface area (Å²) >= 11 is 0. The van der Waals surface area contributed by atoms with E-state index >= 15 is 0 Å². The molecular formula is C28H22N2O3. The predicted molar refractivity (Wildman–Crippen MR) is 129 cm³/mol. The first-order valence-corrected chi connectivity index (χ1v) is 10.7. The van der Waals surface area contributed by atoms with Crippen LogP contribution < -0.4 is 9.47 Å². The van der Waals surface area contributed by atoms with Crippen LogP contribution in [0.25, 0.3) is 22.4 Å². The van der Waals surface area contributed by atoms with Crippen LogP contribution in [-0.4, -0.2) is 22.6 Å². The van der Waals surface area contributed by atoms with Gasteiger partial charge in [0.2, 0.25) is 0 Å². The molecule has 0 saturated heterocycles. The molecule has 0 saturated carbocycles. The van der Waals surface area contributed by atoms with E-state index in [1.165, 1.54) is 12.7 Å². The molecule has 0 unspecified atom stereocenters. The Hall–Kier alpha value is -4.38. The molecule has 0 radical (unpaired) electrons. The molecule has 0 amide bonds. The highest BCUT2D eigenvalue weighted by atomic mass is 16.5. The first-order valence-electron chi connectivity index (χ1n) is 10.7. The Balaban J connectivity index is 1.45. The summed E-state index contributed by atoms with van der Waals surface area (Å²) in [6, 6.07) is 32.9. The average Bonchev–Trinajstić information content (AvgIpc) is 3.23. The largest absolute Gasteiger partial charge is 0.496 e. The number of nitrogens with zero attached hydrogens (tertiary/aromatic N) is 2. The summed E-state index contributed by atoms with van der Waals surface area (Å²) in [6.07, 6.45) is 0. The number of rotatable bonds is 6. The quantitative estimate of drug-likeness (QED) is 0.244. The van der Waals surface area contributed by atoms with Gasteiger partial charge in [0.15, 0.2) is 0 Å². The maximum absolute atomic E-state index is 12.6. The Morgan fingerprint density at radius 1 is 0.818 bits per heavy atom. The van der Waals surface area contributed by atoms with Crippen LogP contribution in [0.3, 0.4) is 0 Å². The summed E-state index contributed by atoms with van der Waals surface area (Å²) < 4.78 is 13.0. The van der Waals surface area contributed by atoms with E-state index in [1.54, 1.807) is 30.3 Å². The van der Waals surface area contributed by atoms with E-state index in [0.29, 0.717) is 23.6 Å². The molecule has 5 aromatic rings. The fourth-order valence-electron chi connectivity index (χ4n) is 3.87. The second-order valence-corrected chi connectivity index (χ2v) is 7.61. The number of esters is 1. The van der Waals surface area contributed by atoms with Crippen molar-refractivity contribution in [2.75, 3.05) is 7.11 Å². The smallest absolute Gasteiger partial charge is 0.347 e. The third kappa shape index (κ3) is 4.21. The summed E-state index contributed by atoms with van der Waals surface area (Å²) in [7, 11) is 1.53. The van der Waals surface area contributed by atoms with E-state index in [4.69, 9.17) is 14.5 Å². The molecule has 0 bridgehead atoms. The molecule has 4 aromatic carbocycles. The molecule has 33 heavy (non-hydrogen) atoms. The number of carbonyl (C=O) groups is 1. The number of ether oxygens (including phenoxy) is 2. The predicted octanol–water partition coefficient (Wildman–Crippen LogP) is 5.98. The third-order valence-electron chi connectivity index (χ3n) is 5.49. The summed E-state index contributed by atoms with van der Waals surface area (Å²) in [4.78, 5) is 17.5. The van der Waals surface area contributed by atoms with Crippen LogP contribution >= 0.6 is 0 Å². The fraction of sp³-hybridized carbons (Fsp3) is 0.0714. The highest BCUT2D eigenvalue weighted by molar-refractivity contribution is 5.94. The molecule has 162 valence electrons. The Labute approximate surface area is 191 Å². The molecule has 0 fully saturated rings. The zero-order valence-corrected chi connectivity index (χ0v) is 18.1. The number of carbonyl (C=O) groups excluding carboxylic acids is 1. The van der Waals surface area contributed by atoms with Crippen molar-refractivity contribution >= 4 is 17.0 Å². The molecule has 5 heteroatoms. The van der Waals surface area contributed by atoms with Crippen molar-refractivity contribution in [3.63, 3.8) is 0 Å². The number of para-hydroxylation sites is 3. The number of hydrogen-bond donors (Lipinski definition) is 0. The number of hydrogen-bond acceptors (Lipinski definition) is 4. The Morgan fingerprint density at radius 3 is 2.30 bits per heavy atom. The van der Waals surface area contributed by atoms with Gasteiger partial charge < -0.3 is 14.0 Å². The van der Waals surface area contributed by atoms with Crippen molar-refractivity contribution in [2.45, 2.75) is 6.54 Å². The number of methoxy groups -OCH3 is 1. The Bertz CT molecular complexity index is 1410. The molecular weight excluding hydrogens is 412 g/mol. The summed E-state index contributed by atoms with van der Waals surface area (Å²) in [5.74, 6) is 1.34. The zero-order chi connectivity index (χ0) is 22.6. The topological polar surface area (TPSA) is 53.4 Å². The molecule has 0 aliphatic heterocycles. The van der Waals surface area contributed by atoms with Crippen LogP contribution in [0, 0.1) is 0 Å². The van der Waals surface area contributed by atoms with E-state index in [-0.39, 0.29) is 0 Å². The number of fused-ring (bicyclic) bond motifs is 1. The number of aromatic nitrogens is 2. The van der Waals surface area contributed by atoms with Crippen molar-refractivity contribution < 1.29 is 14.3 Å². The van der Waals surface area contributed by atoms with Gasteiger partial charge in [-0.05, 0) is 54.1 Å². The number of benzene rings is 4. The van der Waals surface area contributed by atoms with Gasteiger partial charge in [-0.2, -0.15) is 0 Å². The average molecular weight is 434 g/mol. The molecule has 0 N–H and O–H groups in total. The van der Waals surface area contributed by atoms with E-state index in [0.717, 1.165) is 22.4 Å². The maximum atomic E-state index is 12.6. The standard InChI is InChI=1S/C28H22N2O3/c1-32-26-14-8-5-11-23(26)28(31)33-22-17-15-21(16-18-22)27-29-24-12-6-7-13-25(24)30(27)19-20-9-3-2-4-10-20/h2-18H,19H2,1H3. The zero-order valence-electron chi connectivity index (χ0n) is 18.1. The molecule has 0 aliphatic rings. The van der Waals surface area contributed by atoms with Gasteiger partial charge in [-0.15, -0.1) is 0 Å². The normalized spacial score (nSPS) is 10.8. The van der Waals surface area contributed by atoms with Crippen molar-refractivity contribution in [1.29, 1.82) is 0 Å². The van der Waals surface area contributed by atoms with Gasteiger partial charge in [-0.1, -0.05) is 54.6 Å². The second kappa shape index (κ2) is 9.01. The Kier molecular flexibility index (Phi) is 5.60. The lowest BCUT2D eigenvalue weighted by Crippen LogP contribution is -2.10. The fourth-order valence-corrected chi connectivity index (χ4v) is 3.87. The van der Waals surface area contributed by atoms with Gasteiger partial charge in [0.25, 0.3) is 0 Å². The minimum atomic E-state index is -0.462. The molecule has 5 rings (SSSR count). The molecule has 1 aromatic heterocycles. The maximum Gasteiger partial charge on any atom is 0.347 e. The molecule has 0 atom stereocenters. The monoisotopic (exact) mass is 434 g/mol. The van der Waals surface area contributed by atoms with E-state index in [2.05, 4.69) is 22.8 Å². The van der Waals surface area contributed by atoms with Gasteiger partial charge in [0.05, 0.1) is 18.1 Å². The molecule has 1 heterocycles. The summed E-state index contributed by atoms with van der Waals surface area (Å²) in [5, 5.41) is 0. The van der Waals surface area contributed by atoms with E-state index in [1.807, 2.05) is 54.6 Å². The lowest BCUT2D eigenvalue weighted by Gasteiger charge is -2.11. The summed E-state index contributed by atoms with van der Waals surface area (Å²) in [5.41, 5.74) is 4.54.